The maximum absolute atomic E-state index is 14.4. The van der Waals surface area contributed by atoms with Crippen molar-refractivity contribution in [2.24, 2.45) is 7.05 Å². The van der Waals surface area contributed by atoms with Crippen LogP contribution in [0.5, 0.6) is 5.75 Å². The van der Waals surface area contributed by atoms with Crippen LogP contribution < -0.4 is 10.1 Å². The minimum atomic E-state index is -1.29. The van der Waals surface area contributed by atoms with Crippen molar-refractivity contribution in [2.75, 3.05) is 13.7 Å². The number of aliphatic hydroxyl groups excluding tert-OH is 1. The number of aliphatic hydroxyl groups is 1. The fraction of sp³-hybridized carbons (Fsp3) is 0.200. The molecule has 0 fully saturated rings. The number of methoxy groups -OCH3 is 1. The highest BCUT2D eigenvalue weighted by atomic mass is 35.5. The summed E-state index contributed by atoms with van der Waals surface area (Å²) in [7, 11) is 3.08. The third kappa shape index (κ3) is 4.59. The molecule has 1 heterocycles. The van der Waals surface area contributed by atoms with Gasteiger partial charge in [0.25, 0.3) is 5.91 Å². The van der Waals surface area contributed by atoms with Crippen LogP contribution in [-0.2, 0) is 7.05 Å². The highest BCUT2D eigenvalue weighted by molar-refractivity contribution is 7.59. The number of carboxylic acid groups (broad SMARTS) is 1. The van der Waals surface area contributed by atoms with Gasteiger partial charge in [0, 0.05) is 24.1 Å². The van der Waals surface area contributed by atoms with Crippen molar-refractivity contribution in [2.45, 2.75) is 6.04 Å². The van der Waals surface area contributed by atoms with E-state index in [9.17, 15) is 19.1 Å². The molecule has 0 saturated carbocycles. The number of benzene rings is 2. The van der Waals surface area contributed by atoms with Crippen LogP contribution in [0.25, 0.3) is 10.9 Å². The van der Waals surface area contributed by atoms with Gasteiger partial charge in [-0.1, -0.05) is 29.3 Å². The molecule has 0 saturated heterocycles. The number of hydrogen-bond donors (Lipinski definition) is 3. The summed E-state index contributed by atoms with van der Waals surface area (Å²) < 4.78 is 21.1. The maximum Gasteiger partial charge on any atom is 0.335 e. The summed E-state index contributed by atoms with van der Waals surface area (Å²) in [5.74, 6) is -2.39. The van der Waals surface area contributed by atoms with Gasteiger partial charge in [-0.2, -0.15) is 13.5 Å². The third-order valence-corrected chi connectivity index (χ3v) is 5.62. The molecule has 0 radical (unpaired) electrons. The summed E-state index contributed by atoms with van der Waals surface area (Å²) in [6, 6.07) is 5.30. The molecule has 0 aliphatic carbocycles. The quantitative estimate of drug-likeness (QED) is 0.488. The van der Waals surface area contributed by atoms with Crippen LogP contribution >= 0.6 is 36.7 Å². The van der Waals surface area contributed by atoms with Gasteiger partial charge in [-0.05, 0) is 18.2 Å². The Labute approximate surface area is 193 Å². The Kier molecular flexibility index (Phi) is 7.82. The lowest BCUT2D eigenvalue weighted by atomic mass is 10.0. The van der Waals surface area contributed by atoms with E-state index in [0.29, 0.717) is 16.7 Å². The SMILES string of the molecule is COc1cc2c(cc(C(=O)N[C@H](CO)c3ccc(C(=O)O)cc3F)n2C)c(Cl)c1Cl.S. The number of fused-ring (bicyclic) bond motifs is 1. The number of halogens is 3. The molecular formula is C20H19Cl2FN2O5S. The minimum absolute atomic E-state index is 0. The number of aromatic nitrogens is 1. The average Bonchev–Trinajstić information content (AvgIpc) is 3.05. The Balaban J connectivity index is 0.00000341. The number of nitrogens with zero attached hydrogens (tertiary/aromatic N) is 1. The number of rotatable bonds is 6. The second-order valence-electron chi connectivity index (χ2n) is 6.48. The van der Waals surface area contributed by atoms with Crippen molar-refractivity contribution in [3.05, 3.63) is 63.0 Å². The van der Waals surface area contributed by atoms with Crippen LogP contribution in [0.3, 0.4) is 0 Å². The number of aryl methyl sites for hydroxylation is 1. The first-order chi connectivity index (χ1) is 14.2. The Hall–Kier alpha value is -2.46. The van der Waals surface area contributed by atoms with E-state index in [4.69, 9.17) is 33.0 Å². The molecule has 31 heavy (non-hydrogen) atoms. The molecule has 0 bridgehead atoms. The standard InChI is InChI=1S/C20H17Cl2FN2O5.H2S/c1-25-14-7-16(30-2)18(22)17(21)11(14)6-15(25)19(27)24-13(8-26)10-4-3-9(20(28)29)5-12(10)23;/h3-7,13,26H,8H2,1-2H3,(H,24,27)(H,28,29);1H2/t13-;/m1./s1. The van der Waals surface area contributed by atoms with Gasteiger partial charge < -0.3 is 24.8 Å². The summed E-state index contributed by atoms with van der Waals surface area (Å²) in [4.78, 5) is 23.8. The molecule has 3 N–H and O–H groups in total. The van der Waals surface area contributed by atoms with Crippen LogP contribution in [0.15, 0.2) is 30.3 Å². The molecule has 11 heteroatoms. The molecule has 0 spiro atoms. The molecular weight excluding hydrogens is 470 g/mol. The summed E-state index contributed by atoms with van der Waals surface area (Å²) in [6.07, 6.45) is 0. The number of carbonyl (C=O) groups excluding carboxylic acids is 1. The summed E-state index contributed by atoms with van der Waals surface area (Å²) in [5.41, 5.74) is 0.493. The van der Waals surface area contributed by atoms with Crippen molar-refractivity contribution in [3.8, 4) is 5.75 Å². The zero-order chi connectivity index (χ0) is 22.2. The van der Waals surface area contributed by atoms with Gasteiger partial charge >= 0.3 is 5.97 Å². The van der Waals surface area contributed by atoms with Crippen molar-refractivity contribution < 1.29 is 28.9 Å². The topological polar surface area (TPSA) is 101 Å². The molecule has 1 aromatic heterocycles. The number of ether oxygens (including phenoxy) is 1. The Morgan fingerprint density at radius 2 is 1.90 bits per heavy atom. The monoisotopic (exact) mass is 488 g/mol. The number of carbonyl (C=O) groups is 2. The van der Waals surface area contributed by atoms with Crippen molar-refractivity contribution >= 4 is 59.5 Å². The normalized spacial score (nSPS) is 11.7. The fourth-order valence-corrected chi connectivity index (χ4v) is 3.62. The van der Waals surface area contributed by atoms with Crippen molar-refractivity contribution in [1.82, 2.24) is 9.88 Å². The second kappa shape index (κ2) is 9.78. The molecule has 0 unspecified atom stereocenters. The van der Waals surface area contributed by atoms with E-state index < -0.39 is 30.3 Å². The predicted molar refractivity (Wildman–Crippen MR) is 121 cm³/mol. The van der Waals surface area contributed by atoms with Gasteiger partial charge in [0.2, 0.25) is 0 Å². The van der Waals surface area contributed by atoms with Crippen LogP contribution in [-0.4, -0.2) is 40.4 Å². The molecule has 166 valence electrons. The number of hydrogen-bond acceptors (Lipinski definition) is 4. The number of nitrogens with one attached hydrogen (secondary N) is 1. The first-order valence-corrected chi connectivity index (χ1v) is 9.41. The zero-order valence-electron chi connectivity index (χ0n) is 16.4. The van der Waals surface area contributed by atoms with E-state index in [1.807, 2.05) is 0 Å². The number of amides is 1. The van der Waals surface area contributed by atoms with Crippen molar-refractivity contribution in [1.29, 1.82) is 0 Å². The summed E-state index contributed by atoms with van der Waals surface area (Å²) in [5, 5.41) is 22.1. The highest BCUT2D eigenvalue weighted by Gasteiger charge is 2.23. The molecule has 1 amide bonds. The Bertz CT molecular complexity index is 1170. The first kappa shape index (κ1) is 24.8. The van der Waals surface area contributed by atoms with Gasteiger partial charge in [0.15, 0.2) is 0 Å². The molecule has 0 aliphatic rings. The first-order valence-electron chi connectivity index (χ1n) is 8.65. The van der Waals surface area contributed by atoms with Crippen LogP contribution in [0, 0.1) is 5.82 Å². The van der Waals surface area contributed by atoms with Crippen LogP contribution in [0.4, 0.5) is 4.39 Å². The number of carboxylic acids is 1. The van der Waals surface area contributed by atoms with E-state index in [2.05, 4.69) is 5.32 Å². The minimum Gasteiger partial charge on any atom is -0.495 e. The average molecular weight is 489 g/mol. The van der Waals surface area contributed by atoms with Gasteiger partial charge in [-0.15, -0.1) is 0 Å². The molecule has 3 rings (SSSR count). The lowest BCUT2D eigenvalue weighted by Gasteiger charge is -2.18. The van der Waals surface area contributed by atoms with Gasteiger partial charge in [0.05, 0.1) is 35.9 Å². The second-order valence-corrected chi connectivity index (χ2v) is 7.23. The van der Waals surface area contributed by atoms with E-state index in [0.717, 1.165) is 6.07 Å². The molecule has 7 nitrogen and oxygen atoms in total. The lowest BCUT2D eigenvalue weighted by molar-refractivity contribution is 0.0695. The number of aromatic carboxylic acids is 1. The zero-order valence-corrected chi connectivity index (χ0v) is 18.9. The van der Waals surface area contributed by atoms with Crippen molar-refractivity contribution in [3.63, 3.8) is 0 Å². The van der Waals surface area contributed by atoms with Crippen LogP contribution in [0.2, 0.25) is 10.0 Å². The predicted octanol–water partition coefficient (Wildman–Crippen LogP) is 3.91. The largest absolute Gasteiger partial charge is 0.495 e. The highest BCUT2D eigenvalue weighted by Crippen LogP contribution is 2.39. The van der Waals surface area contributed by atoms with Gasteiger partial charge in [-0.3, -0.25) is 4.79 Å². The van der Waals surface area contributed by atoms with Gasteiger partial charge in [-0.25, -0.2) is 9.18 Å². The van der Waals surface area contributed by atoms with E-state index in [1.54, 1.807) is 17.7 Å². The summed E-state index contributed by atoms with van der Waals surface area (Å²) >= 11 is 12.5. The smallest absolute Gasteiger partial charge is 0.335 e. The third-order valence-electron chi connectivity index (χ3n) is 4.76. The molecule has 1 atom stereocenters. The van der Waals surface area contributed by atoms with E-state index in [1.165, 1.54) is 25.3 Å². The molecule has 0 aliphatic heterocycles. The lowest BCUT2D eigenvalue weighted by Crippen LogP contribution is -2.32. The molecule has 2 aromatic carbocycles. The van der Waals surface area contributed by atoms with Gasteiger partial charge in [0.1, 0.15) is 22.3 Å². The Morgan fingerprint density at radius 1 is 1.23 bits per heavy atom. The Morgan fingerprint density at radius 3 is 2.45 bits per heavy atom. The maximum atomic E-state index is 14.4. The summed E-state index contributed by atoms with van der Waals surface area (Å²) in [6.45, 7) is -0.598. The van der Waals surface area contributed by atoms with Crippen LogP contribution in [0.1, 0.15) is 32.5 Å². The fourth-order valence-electron chi connectivity index (χ4n) is 3.15. The van der Waals surface area contributed by atoms with E-state index in [-0.39, 0.29) is 40.4 Å². The van der Waals surface area contributed by atoms with E-state index >= 15 is 0 Å². The molecule has 3 aromatic rings.